The van der Waals surface area contributed by atoms with Crippen molar-refractivity contribution in [1.29, 1.82) is 5.26 Å². The van der Waals surface area contributed by atoms with E-state index in [9.17, 15) is 18.0 Å². The van der Waals surface area contributed by atoms with Crippen molar-refractivity contribution in [2.24, 2.45) is 10.4 Å². The molecule has 0 aliphatic carbocycles. The summed E-state index contributed by atoms with van der Waals surface area (Å²) in [6.45, 7) is 10.4. The van der Waals surface area contributed by atoms with E-state index in [1.54, 1.807) is 27.7 Å². The van der Waals surface area contributed by atoms with Crippen LogP contribution in [-0.4, -0.2) is 28.8 Å². The zero-order valence-corrected chi connectivity index (χ0v) is 17.8. The first-order valence-corrected chi connectivity index (χ1v) is 9.19. The van der Waals surface area contributed by atoms with Crippen LogP contribution in [0.5, 0.6) is 0 Å². The zero-order chi connectivity index (χ0) is 23.6. The Labute approximate surface area is 178 Å². The fourth-order valence-electron chi connectivity index (χ4n) is 2.54. The van der Waals surface area contributed by atoms with E-state index in [1.165, 1.54) is 13.1 Å². The van der Waals surface area contributed by atoms with Crippen LogP contribution in [0.25, 0.3) is 5.70 Å². The van der Waals surface area contributed by atoms with E-state index in [1.807, 2.05) is 6.07 Å². The number of nitrogens with one attached hydrogen (secondary N) is 3. The summed E-state index contributed by atoms with van der Waals surface area (Å²) in [5.74, 6) is -0.805. The lowest BCUT2D eigenvalue weighted by Crippen LogP contribution is -2.29. The predicted octanol–water partition coefficient (Wildman–Crippen LogP) is 4.23. The van der Waals surface area contributed by atoms with Gasteiger partial charge in [0.25, 0.3) is 0 Å². The van der Waals surface area contributed by atoms with E-state index in [0.29, 0.717) is 17.0 Å². The molecule has 164 valence electrons. The summed E-state index contributed by atoms with van der Waals surface area (Å²) in [5.41, 5.74) is -0.475. The number of carbonyl (C=O) groups excluding carboxylic acids is 1. The van der Waals surface area contributed by atoms with E-state index >= 15 is 0 Å². The van der Waals surface area contributed by atoms with Gasteiger partial charge in [-0.25, -0.2) is 4.98 Å². The van der Waals surface area contributed by atoms with Crippen molar-refractivity contribution in [3.8, 4) is 6.07 Å². The quantitative estimate of drug-likeness (QED) is 0.497. The number of nitrogens with zero attached hydrogens (tertiary/aromatic N) is 3. The lowest BCUT2D eigenvalue weighted by molar-refractivity contribution is -0.137. The van der Waals surface area contributed by atoms with Gasteiger partial charge < -0.3 is 15.6 Å². The summed E-state index contributed by atoms with van der Waals surface area (Å²) in [5, 5.41) is 14.2. The molecule has 0 bridgehead atoms. The number of pyridine rings is 1. The summed E-state index contributed by atoms with van der Waals surface area (Å²) >= 11 is 0. The number of aryl methyl sites for hydroxylation is 1. The maximum atomic E-state index is 13.8. The Balaban J connectivity index is 2.41. The van der Waals surface area contributed by atoms with Crippen molar-refractivity contribution in [2.45, 2.75) is 33.9 Å². The number of carbonyl (C=O) groups is 1. The SMILES string of the molecule is C=C(NC(=NC)c1cnc(NC(=O)C(C)(C)C)cc1C(F)(F)F)c1cc(C#N)c(C)[nH]1. The van der Waals surface area contributed by atoms with Crippen molar-refractivity contribution in [3.63, 3.8) is 0 Å². The smallest absolute Gasteiger partial charge is 0.356 e. The number of nitriles is 1. The minimum Gasteiger partial charge on any atom is -0.356 e. The molecule has 0 fully saturated rings. The molecule has 2 aromatic heterocycles. The normalized spacial score (nSPS) is 12.3. The van der Waals surface area contributed by atoms with Gasteiger partial charge in [-0.3, -0.25) is 9.79 Å². The van der Waals surface area contributed by atoms with Crippen molar-refractivity contribution in [1.82, 2.24) is 15.3 Å². The Hall–Kier alpha value is -3.61. The van der Waals surface area contributed by atoms with E-state index in [0.717, 1.165) is 12.3 Å². The summed E-state index contributed by atoms with van der Waals surface area (Å²) in [6, 6.07) is 4.31. The van der Waals surface area contributed by atoms with Gasteiger partial charge in [-0.15, -0.1) is 0 Å². The molecule has 2 aromatic rings. The average Bonchev–Trinajstić information content (AvgIpc) is 3.05. The van der Waals surface area contributed by atoms with Gasteiger partial charge >= 0.3 is 6.18 Å². The molecule has 0 unspecified atom stereocenters. The molecule has 1 amide bonds. The fourth-order valence-corrected chi connectivity index (χ4v) is 2.54. The number of aromatic nitrogens is 2. The lowest BCUT2D eigenvalue weighted by atomic mass is 9.96. The van der Waals surface area contributed by atoms with E-state index < -0.39 is 23.1 Å². The number of hydrogen-bond donors (Lipinski definition) is 3. The molecule has 31 heavy (non-hydrogen) atoms. The number of amides is 1. The zero-order valence-electron chi connectivity index (χ0n) is 17.8. The summed E-state index contributed by atoms with van der Waals surface area (Å²) in [6.07, 6.45) is -3.74. The van der Waals surface area contributed by atoms with E-state index in [4.69, 9.17) is 5.26 Å². The maximum Gasteiger partial charge on any atom is 0.417 e. The first-order valence-electron chi connectivity index (χ1n) is 9.19. The second-order valence-electron chi connectivity index (χ2n) is 7.83. The second kappa shape index (κ2) is 8.63. The van der Waals surface area contributed by atoms with Crippen LogP contribution in [0.1, 0.15) is 48.8 Å². The number of H-pyrrole nitrogens is 1. The number of aromatic amines is 1. The molecule has 0 aliphatic heterocycles. The van der Waals surface area contributed by atoms with Gasteiger partial charge in [0.1, 0.15) is 17.7 Å². The number of halogens is 3. The first kappa shape index (κ1) is 23.7. The van der Waals surface area contributed by atoms with Gasteiger partial charge in [0.05, 0.1) is 22.5 Å². The molecule has 0 spiro atoms. The molecular weight excluding hydrogens is 409 g/mol. The summed E-state index contributed by atoms with van der Waals surface area (Å²) < 4.78 is 41.3. The van der Waals surface area contributed by atoms with Crippen LogP contribution >= 0.6 is 0 Å². The standard InChI is InChI=1S/C21H23F3N6O/c1-11-13(9-25)7-16(28-11)12(2)29-18(26-6)14-10-27-17(8-15(14)21(22,23)24)30-19(31)20(3,4)5/h7-8,10,28H,2H2,1,3-6H3,(H,26,29)(H,27,30,31). The van der Waals surface area contributed by atoms with Crippen molar-refractivity contribution in [2.75, 3.05) is 12.4 Å². The highest BCUT2D eigenvalue weighted by Crippen LogP contribution is 2.34. The predicted molar refractivity (Wildman–Crippen MR) is 112 cm³/mol. The van der Waals surface area contributed by atoms with Crippen LogP contribution < -0.4 is 10.6 Å². The van der Waals surface area contributed by atoms with Gasteiger partial charge in [-0.1, -0.05) is 27.4 Å². The molecule has 0 radical (unpaired) electrons. The third kappa shape index (κ3) is 5.51. The Morgan fingerprint density at radius 3 is 2.42 bits per heavy atom. The summed E-state index contributed by atoms with van der Waals surface area (Å²) in [7, 11) is 1.33. The van der Waals surface area contributed by atoms with Crippen molar-refractivity contribution >= 4 is 23.3 Å². The Morgan fingerprint density at radius 1 is 1.29 bits per heavy atom. The molecule has 0 aliphatic rings. The lowest BCUT2D eigenvalue weighted by Gasteiger charge is -2.20. The molecule has 3 N–H and O–H groups in total. The molecule has 10 heteroatoms. The Kier molecular flexibility index (Phi) is 6.59. The van der Waals surface area contributed by atoms with Crippen LogP contribution in [0.3, 0.4) is 0 Å². The molecular formula is C21H23F3N6O. The largest absolute Gasteiger partial charge is 0.417 e. The highest BCUT2D eigenvalue weighted by atomic mass is 19.4. The number of rotatable bonds is 4. The minimum atomic E-state index is -4.73. The molecule has 7 nitrogen and oxygen atoms in total. The highest BCUT2D eigenvalue weighted by molar-refractivity contribution is 6.04. The molecule has 2 heterocycles. The van der Waals surface area contributed by atoms with E-state index in [-0.39, 0.29) is 22.9 Å². The first-order chi connectivity index (χ1) is 14.3. The third-order valence-electron chi connectivity index (χ3n) is 4.34. The van der Waals surface area contributed by atoms with Crippen LogP contribution in [0.2, 0.25) is 0 Å². The highest BCUT2D eigenvalue weighted by Gasteiger charge is 2.36. The number of hydrogen-bond acceptors (Lipinski definition) is 4. The van der Waals surface area contributed by atoms with Gasteiger partial charge in [0, 0.05) is 29.9 Å². The maximum absolute atomic E-state index is 13.8. The summed E-state index contributed by atoms with van der Waals surface area (Å²) in [4.78, 5) is 22.9. The Bertz CT molecular complexity index is 1080. The average molecular weight is 432 g/mol. The van der Waals surface area contributed by atoms with Gasteiger partial charge in [0.2, 0.25) is 5.91 Å². The molecule has 0 atom stereocenters. The van der Waals surface area contributed by atoms with Crippen molar-refractivity contribution < 1.29 is 18.0 Å². The van der Waals surface area contributed by atoms with Crippen LogP contribution in [-0.2, 0) is 11.0 Å². The second-order valence-corrected chi connectivity index (χ2v) is 7.83. The monoisotopic (exact) mass is 432 g/mol. The Morgan fingerprint density at radius 2 is 1.94 bits per heavy atom. The van der Waals surface area contributed by atoms with E-state index in [2.05, 4.69) is 32.2 Å². The molecule has 0 saturated heterocycles. The minimum absolute atomic E-state index is 0.121. The van der Waals surface area contributed by atoms with Crippen LogP contribution in [0, 0.1) is 23.7 Å². The number of amidine groups is 1. The third-order valence-corrected chi connectivity index (χ3v) is 4.34. The number of aliphatic imine (C=N–C) groups is 1. The molecule has 0 saturated carbocycles. The fraction of sp³-hybridized carbons (Fsp3) is 0.333. The number of alkyl halides is 3. The molecule has 2 rings (SSSR count). The van der Waals surface area contributed by atoms with Gasteiger partial charge in [-0.05, 0) is 19.1 Å². The van der Waals surface area contributed by atoms with Crippen LogP contribution in [0.4, 0.5) is 19.0 Å². The number of anilines is 1. The topological polar surface area (TPSA) is 106 Å². The molecule has 0 aromatic carbocycles. The van der Waals surface area contributed by atoms with Crippen molar-refractivity contribution in [3.05, 3.63) is 53.0 Å². The van der Waals surface area contributed by atoms with Crippen LogP contribution in [0.15, 0.2) is 29.9 Å². The van der Waals surface area contributed by atoms with Gasteiger partial charge in [0.15, 0.2) is 0 Å². The van der Waals surface area contributed by atoms with Gasteiger partial charge in [-0.2, -0.15) is 18.4 Å².